The molecule has 32 heavy (non-hydrogen) atoms. The highest BCUT2D eigenvalue weighted by Gasteiger charge is 2.28. The van der Waals surface area contributed by atoms with Crippen LogP contribution >= 0.6 is 11.3 Å². The van der Waals surface area contributed by atoms with Gasteiger partial charge in [-0.25, -0.2) is 4.98 Å². The van der Waals surface area contributed by atoms with Crippen LogP contribution < -0.4 is 9.64 Å². The number of fused-ring (bicyclic) bond motifs is 1. The van der Waals surface area contributed by atoms with Crippen molar-refractivity contribution in [2.75, 3.05) is 31.6 Å². The van der Waals surface area contributed by atoms with Crippen molar-refractivity contribution >= 4 is 28.8 Å². The maximum absolute atomic E-state index is 12.7. The lowest BCUT2D eigenvalue weighted by atomic mass is 10.1. The first kappa shape index (κ1) is 22.0. The molecule has 1 aliphatic heterocycles. The molecule has 3 aromatic rings. The van der Waals surface area contributed by atoms with E-state index < -0.39 is 0 Å². The Kier molecular flexibility index (Phi) is 6.85. The standard InChI is InChI=1S/C25H27N3O3S/c1-3-4-12-27(2)24(29)15-28-21-14-19(10-11-22(21)31-16-25(28)30)20-17-32-23(26-20)13-18-8-6-5-7-9-18/h5-11,14,17H,3-4,12-13,15-16H2,1-2H3. The largest absolute Gasteiger partial charge is 0.482 e. The zero-order valence-corrected chi connectivity index (χ0v) is 19.2. The van der Waals surface area contributed by atoms with E-state index in [0.29, 0.717) is 18.0 Å². The Labute approximate surface area is 192 Å². The van der Waals surface area contributed by atoms with Crippen LogP contribution in [0.1, 0.15) is 30.3 Å². The summed E-state index contributed by atoms with van der Waals surface area (Å²) in [7, 11) is 1.78. The van der Waals surface area contributed by atoms with Gasteiger partial charge in [0.25, 0.3) is 5.91 Å². The molecule has 2 aromatic carbocycles. The second kappa shape index (κ2) is 9.96. The van der Waals surface area contributed by atoms with E-state index in [4.69, 9.17) is 9.72 Å². The Morgan fingerprint density at radius 2 is 2.03 bits per heavy atom. The number of amides is 2. The summed E-state index contributed by atoms with van der Waals surface area (Å²) in [5, 5.41) is 3.06. The molecule has 2 amide bonds. The number of carbonyl (C=O) groups is 2. The number of thiazole rings is 1. The molecular formula is C25H27N3O3S. The third-order valence-electron chi connectivity index (χ3n) is 5.51. The van der Waals surface area contributed by atoms with Crippen molar-refractivity contribution < 1.29 is 14.3 Å². The number of benzene rings is 2. The highest BCUT2D eigenvalue weighted by Crippen LogP contribution is 2.36. The maximum Gasteiger partial charge on any atom is 0.265 e. The predicted octanol–water partition coefficient (Wildman–Crippen LogP) is 4.38. The van der Waals surface area contributed by atoms with E-state index in [9.17, 15) is 9.59 Å². The number of nitrogens with zero attached hydrogens (tertiary/aromatic N) is 3. The van der Waals surface area contributed by atoms with Crippen molar-refractivity contribution in [3.8, 4) is 17.0 Å². The molecule has 1 aliphatic rings. The first-order chi connectivity index (χ1) is 15.5. The summed E-state index contributed by atoms with van der Waals surface area (Å²) in [6.45, 7) is 2.72. The zero-order chi connectivity index (χ0) is 22.5. The van der Waals surface area contributed by atoms with Crippen LogP contribution in [-0.2, 0) is 16.0 Å². The Balaban J connectivity index is 1.55. The van der Waals surface area contributed by atoms with Gasteiger partial charge < -0.3 is 9.64 Å². The molecule has 0 N–H and O–H groups in total. The molecule has 0 unspecified atom stereocenters. The van der Waals surface area contributed by atoms with Gasteiger partial charge in [-0.1, -0.05) is 43.7 Å². The van der Waals surface area contributed by atoms with E-state index in [2.05, 4.69) is 19.1 Å². The molecule has 2 heterocycles. The van der Waals surface area contributed by atoms with Crippen LogP contribution in [0, 0.1) is 0 Å². The van der Waals surface area contributed by atoms with Crippen molar-refractivity contribution in [2.24, 2.45) is 0 Å². The second-order valence-electron chi connectivity index (χ2n) is 7.91. The molecule has 0 radical (unpaired) electrons. The highest BCUT2D eigenvalue weighted by atomic mass is 32.1. The van der Waals surface area contributed by atoms with E-state index in [1.54, 1.807) is 23.3 Å². The van der Waals surface area contributed by atoms with Crippen LogP contribution in [0.2, 0.25) is 0 Å². The van der Waals surface area contributed by atoms with Gasteiger partial charge in [0.15, 0.2) is 6.61 Å². The van der Waals surface area contributed by atoms with Crippen molar-refractivity contribution in [3.63, 3.8) is 0 Å². The van der Waals surface area contributed by atoms with E-state index >= 15 is 0 Å². The molecular weight excluding hydrogens is 422 g/mol. The number of likely N-dealkylation sites (N-methyl/N-ethyl adjacent to an activating group) is 1. The first-order valence-corrected chi connectivity index (χ1v) is 11.7. The summed E-state index contributed by atoms with van der Waals surface area (Å²) in [6.07, 6.45) is 2.73. The Morgan fingerprint density at radius 3 is 2.81 bits per heavy atom. The number of ether oxygens (including phenoxy) is 1. The smallest absolute Gasteiger partial charge is 0.265 e. The molecule has 0 saturated carbocycles. The van der Waals surface area contributed by atoms with Crippen molar-refractivity contribution in [1.82, 2.24) is 9.88 Å². The minimum atomic E-state index is -0.213. The summed E-state index contributed by atoms with van der Waals surface area (Å²) in [6, 6.07) is 15.9. The molecule has 0 saturated heterocycles. The predicted molar refractivity (Wildman–Crippen MR) is 127 cm³/mol. The van der Waals surface area contributed by atoms with Crippen LogP contribution in [0.15, 0.2) is 53.9 Å². The third kappa shape index (κ3) is 4.99. The molecule has 0 fully saturated rings. The quantitative estimate of drug-likeness (QED) is 0.512. The lowest BCUT2D eigenvalue weighted by molar-refractivity contribution is -0.131. The Morgan fingerprint density at radius 1 is 1.22 bits per heavy atom. The van der Waals surface area contributed by atoms with Gasteiger partial charge in [0.05, 0.1) is 16.4 Å². The number of carbonyl (C=O) groups excluding carboxylic acids is 2. The fourth-order valence-corrected chi connectivity index (χ4v) is 4.44. The van der Waals surface area contributed by atoms with Crippen LogP contribution in [0.5, 0.6) is 5.75 Å². The highest BCUT2D eigenvalue weighted by molar-refractivity contribution is 7.10. The Hall–Kier alpha value is -3.19. The van der Waals surface area contributed by atoms with Gasteiger partial charge in [-0.15, -0.1) is 11.3 Å². The average Bonchev–Trinajstić information content (AvgIpc) is 3.28. The minimum absolute atomic E-state index is 0.00911. The lowest BCUT2D eigenvalue weighted by Crippen LogP contribution is -2.45. The van der Waals surface area contributed by atoms with Gasteiger partial charge in [-0.3, -0.25) is 14.5 Å². The minimum Gasteiger partial charge on any atom is -0.482 e. The van der Waals surface area contributed by atoms with Gasteiger partial charge in [0.2, 0.25) is 5.91 Å². The number of anilines is 1. The molecule has 0 aliphatic carbocycles. The van der Waals surface area contributed by atoms with Gasteiger partial charge >= 0.3 is 0 Å². The van der Waals surface area contributed by atoms with Crippen LogP contribution in [0.4, 0.5) is 5.69 Å². The van der Waals surface area contributed by atoms with E-state index in [0.717, 1.165) is 35.5 Å². The fourth-order valence-electron chi connectivity index (χ4n) is 3.61. The summed E-state index contributed by atoms with van der Waals surface area (Å²) >= 11 is 1.62. The SMILES string of the molecule is CCCCN(C)C(=O)CN1C(=O)COc2ccc(-c3csc(Cc4ccccc4)n3)cc21. The number of rotatable bonds is 8. The van der Waals surface area contributed by atoms with Crippen LogP contribution in [-0.4, -0.2) is 48.4 Å². The lowest BCUT2D eigenvalue weighted by Gasteiger charge is -2.30. The topological polar surface area (TPSA) is 62.7 Å². The van der Waals surface area contributed by atoms with Crippen molar-refractivity contribution in [2.45, 2.75) is 26.2 Å². The number of aromatic nitrogens is 1. The maximum atomic E-state index is 12.7. The average molecular weight is 450 g/mol. The zero-order valence-electron chi connectivity index (χ0n) is 18.4. The van der Waals surface area contributed by atoms with Gasteiger partial charge in [-0.05, 0) is 30.2 Å². The van der Waals surface area contributed by atoms with Gasteiger partial charge in [-0.2, -0.15) is 0 Å². The summed E-state index contributed by atoms with van der Waals surface area (Å²) < 4.78 is 5.61. The van der Waals surface area contributed by atoms with Gasteiger partial charge in [0, 0.05) is 31.0 Å². The number of hydrogen-bond acceptors (Lipinski definition) is 5. The Bertz CT molecular complexity index is 1100. The second-order valence-corrected chi connectivity index (χ2v) is 8.85. The molecule has 1 aromatic heterocycles. The van der Waals surface area contributed by atoms with Crippen molar-refractivity contribution in [1.29, 1.82) is 0 Å². The van der Waals surface area contributed by atoms with Crippen LogP contribution in [0.25, 0.3) is 11.3 Å². The molecule has 6 nitrogen and oxygen atoms in total. The monoisotopic (exact) mass is 449 g/mol. The normalized spacial score (nSPS) is 12.9. The van der Waals surface area contributed by atoms with Gasteiger partial charge in [0.1, 0.15) is 12.3 Å². The van der Waals surface area contributed by atoms with Crippen molar-refractivity contribution in [3.05, 3.63) is 64.5 Å². The molecule has 0 atom stereocenters. The number of unbranched alkanes of at least 4 members (excludes halogenated alkanes) is 1. The first-order valence-electron chi connectivity index (χ1n) is 10.8. The molecule has 0 spiro atoms. The van der Waals surface area contributed by atoms with E-state index in [1.807, 2.05) is 41.8 Å². The molecule has 7 heteroatoms. The summed E-state index contributed by atoms with van der Waals surface area (Å²) in [5.74, 6) is 0.316. The fraction of sp³-hybridized carbons (Fsp3) is 0.320. The molecule has 166 valence electrons. The summed E-state index contributed by atoms with van der Waals surface area (Å²) in [5.41, 5.74) is 3.59. The van der Waals surface area contributed by atoms with E-state index in [1.165, 1.54) is 10.5 Å². The summed E-state index contributed by atoms with van der Waals surface area (Å²) in [4.78, 5) is 33.3. The third-order valence-corrected chi connectivity index (χ3v) is 6.36. The van der Waals surface area contributed by atoms with E-state index in [-0.39, 0.29) is 25.0 Å². The van der Waals surface area contributed by atoms with Crippen LogP contribution in [0.3, 0.4) is 0 Å². The molecule has 0 bridgehead atoms. The number of hydrogen-bond donors (Lipinski definition) is 0. The molecule has 4 rings (SSSR count).